The van der Waals surface area contributed by atoms with Crippen molar-refractivity contribution in [2.75, 3.05) is 13.6 Å². The van der Waals surface area contributed by atoms with Crippen LogP contribution in [0, 0.1) is 16.5 Å². The fraction of sp³-hybridized carbons (Fsp3) is 0.500. The molecular formula is C14H17F2N3O5S2. The fourth-order valence-electron chi connectivity index (χ4n) is 2.79. The highest BCUT2D eigenvalue weighted by atomic mass is 32.2. The van der Waals surface area contributed by atoms with Crippen LogP contribution in [0.2, 0.25) is 0 Å². The van der Waals surface area contributed by atoms with Crippen LogP contribution in [-0.4, -0.2) is 54.9 Å². The average molecular weight is 409 g/mol. The van der Waals surface area contributed by atoms with E-state index in [1.165, 1.54) is 0 Å². The number of rotatable bonds is 6. The van der Waals surface area contributed by atoms with Gasteiger partial charge < -0.3 is 5.11 Å². The van der Waals surface area contributed by atoms with Gasteiger partial charge in [-0.3, -0.25) is 9.69 Å². The van der Waals surface area contributed by atoms with Gasteiger partial charge in [0, 0.05) is 19.0 Å². The fourth-order valence-corrected chi connectivity index (χ4v) is 4.54. The molecule has 144 valence electrons. The summed E-state index contributed by atoms with van der Waals surface area (Å²) in [6.45, 7) is 0.260. The molecule has 0 saturated carbocycles. The minimum absolute atomic E-state index is 0.0323. The molecule has 0 aromatic heterocycles. The van der Waals surface area contributed by atoms with Crippen LogP contribution >= 0.6 is 12.6 Å². The molecule has 1 aromatic carbocycles. The van der Waals surface area contributed by atoms with Crippen molar-refractivity contribution in [3.63, 3.8) is 0 Å². The second-order valence-electron chi connectivity index (χ2n) is 6.08. The number of nitroso groups, excluding NO2 is 1. The lowest BCUT2D eigenvalue weighted by Crippen LogP contribution is -2.60. The molecule has 0 aliphatic carbocycles. The lowest BCUT2D eigenvalue weighted by Gasteiger charge is -2.41. The number of hydrogen-bond acceptors (Lipinski definition) is 7. The van der Waals surface area contributed by atoms with E-state index in [2.05, 4.69) is 17.8 Å². The molecule has 3 unspecified atom stereocenters. The molecule has 2 N–H and O–H groups in total. The number of hydrogen-bond donors (Lipinski definition) is 3. The van der Waals surface area contributed by atoms with Crippen LogP contribution in [0.5, 0.6) is 0 Å². The Bertz CT molecular complexity index is 823. The SMILES string of the molecule is CN1CCC(N=O)(C(NS(=O)(=O)c2ccc(F)cc2F)C(=O)O)CC1S. The first-order valence-electron chi connectivity index (χ1n) is 7.45. The largest absolute Gasteiger partial charge is 0.480 e. The Morgan fingerprint density at radius 1 is 1.50 bits per heavy atom. The molecule has 1 heterocycles. The van der Waals surface area contributed by atoms with E-state index in [-0.39, 0.29) is 19.4 Å². The van der Waals surface area contributed by atoms with Crippen molar-refractivity contribution in [2.45, 2.75) is 34.7 Å². The van der Waals surface area contributed by atoms with E-state index in [9.17, 15) is 32.0 Å². The normalized spacial score (nSPS) is 25.6. The molecule has 12 heteroatoms. The first-order valence-corrected chi connectivity index (χ1v) is 9.45. The number of carboxylic acids is 1. The molecule has 3 atom stereocenters. The zero-order valence-corrected chi connectivity index (χ0v) is 15.3. The van der Waals surface area contributed by atoms with Gasteiger partial charge in [-0.25, -0.2) is 17.2 Å². The third-order valence-corrected chi connectivity index (χ3v) is 6.40. The molecule has 1 fully saturated rings. The van der Waals surface area contributed by atoms with Crippen molar-refractivity contribution in [3.8, 4) is 0 Å². The zero-order valence-electron chi connectivity index (χ0n) is 13.6. The van der Waals surface area contributed by atoms with Crippen LogP contribution in [0.25, 0.3) is 0 Å². The predicted molar refractivity (Wildman–Crippen MR) is 91.3 cm³/mol. The van der Waals surface area contributed by atoms with Crippen molar-refractivity contribution < 1.29 is 27.1 Å². The van der Waals surface area contributed by atoms with E-state index in [1.807, 2.05) is 4.72 Å². The number of nitrogens with zero attached hydrogens (tertiary/aromatic N) is 2. The Hall–Kier alpha value is -1.63. The Kier molecular flexibility index (Phi) is 6.00. The third kappa shape index (κ3) is 4.03. The second-order valence-corrected chi connectivity index (χ2v) is 8.36. The van der Waals surface area contributed by atoms with E-state index in [1.54, 1.807) is 11.9 Å². The Labute approximate surface area is 154 Å². The maximum absolute atomic E-state index is 13.8. The lowest BCUT2D eigenvalue weighted by molar-refractivity contribution is -0.141. The number of aliphatic carboxylic acids is 1. The number of piperidine rings is 1. The summed E-state index contributed by atoms with van der Waals surface area (Å²) in [6, 6.07) is -0.182. The summed E-state index contributed by atoms with van der Waals surface area (Å²) in [7, 11) is -2.98. The topological polar surface area (TPSA) is 116 Å². The van der Waals surface area contributed by atoms with Crippen molar-refractivity contribution in [2.24, 2.45) is 5.18 Å². The van der Waals surface area contributed by atoms with Crippen LogP contribution in [0.3, 0.4) is 0 Å². The summed E-state index contributed by atoms with van der Waals surface area (Å²) in [6.07, 6.45) is -0.156. The van der Waals surface area contributed by atoms with E-state index >= 15 is 0 Å². The standard InChI is InChI=1S/C14H17F2N3O5S2/c1-19-5-4-14(18-22,7-11(19)25)12(13(20)21)17-26(23,24)10-3-2-8(15)6-9(10)16/h2-3,6,11-12,17,25H,4-5,7H2,1H3,(H,20,21). The Balaban J connectivity index is 2.41. The molecule has 1 aromatic rings. The molecule has 8 nitrogen and oxygen atoms in total. The minimum atomic E-state index is -4.69. The van der Waals surface area contributed by atoms with Gasteiger partial charge in [0.25, 0.3) is 0 Å². The number of thiol groups is 1. The van der Waals surface area contributed by atoms with Gasteiger partial charge in [0.15, 0.2) is 0 Å². The Morgan fingerprint density at radius 2 is 2.15 bits per heavy atom. The van der Waals surface area contributed by atoms with Gasteiger partial charge in [-0.1, -0.05) is 5.18 Å². The highest BCUT2D eigenvalue weighted by Crippen LogP contribution is 2.35. The first-order chi connectivity index (χ1) is 12.0. The third-order valence-electron chi connectivity index (χ3n) is 4.36. The van der Waals surface area contributed by atoms with Gasteiger partial charge in [-0.05, 0) is 25.6 Å². The molecule has 1 saturated heterocycles. The monoisotopic (exact) mass is 409 g/mol. The van der Waals surface area contributed by atoms with Gasteiger partial charge in [0.05, 0.1) is 5.37 Å². The summed E-state index contributed by atoms with van der Waals surface area (Å²) >= 11 is 4.25. The second kappa shape index (κ2) is 7.55. The number of benzene rings is 1. The van der Waals surface area contributed by atoms with Crippen molar-refractivity contribution in [1.82, 2.24) is 9.62 Å². The van der Waals surface area contributed by atoms with Crippen molar-refractivity contribution in [3.05, 3.63) is 34.7 Å². The lowest BCUT2D eigenvalue weighted by atomic mass is 9.82. The molecule has 1 aliphatic rings. The highest BCUT2D eigenvalue weighted by Gasteiger charge is 2.51. The number of halogens is 2. The van der Waals surface area contributed by atoms with E-state index in [0.717, 1.165) is 6.07 Å². The summed E-state index contributed by atoms with van der Waals surface area (Å²) in [5.41, 5.74) is -1.80. The van der Waals surface area contributed by atoms with Crippen molar-refractivity contribution >= 4 is 28.6 Å². The van der Waals surface area contributed by atoms with E-state index in [4.69, 9.17) is 0 Å². The van der Waals surface area contributed by atoms with Crippen LogP contribution in [0.15, 0.2) is 28.3 Å². The van der Waals surface area contributed by atoms with Crippen LogP contribution in [-0.2, 0) is 14.8 Å². The maximum Gasteiger partial charge on any atom is 0.324 e. The predicted octanol–water partition coefficient (Wildman–Crippen LogP) is 1.18. The molecule has 0 radical (unpaired) electrons. The number of likely N-dealkylation sites (tertiary alicyclic amines) is 1. The highest BCUT2D eigenvalue weighted by molar-refractivity contribution is 7.89. The molecule has 0 bridgehead atoms. The number of nitrogens with one attached hydrogen (secondary N) is 1. The van der Waals surface area contributed by atoms with Gasteiger partial charge >= 0.3 is 5.97 Å². The summed E-state index contributed by atoms with van der Waals surface area (Å²) in [5.74, 6) is -4.01. The summed E-state index contributed by atoms with van der Waals surface area (Å²) < 4.78 is 53.5. The van der Waals surface area contributed by atoms with Gasteiger partial charge in [-0.15, -0.1) is 0 Å². The van der Waals surface area contributed by atoms with E-state index in [0.29, 0.717) is 12.1 Å². The average Bonchev–Trinajstić information content (AvgIpc) is 2.55. The number of sulfonamides is 1. The van der Waals surface area contributed by atoms with Gasteiger partial charge in [0.2, 0.25) is 10.0 Å². The number of carboxylic acid groups (broad SMARTS) is 1. The van der Waals surface area contributed by atoms with Gasteiger partial charge in [0.1, 0.15) is 28.1 Å². The van der Waals surface area contributed by atoms with Crippen LogP contribution in [0.4, 0.5) is 8.78 Å². The molecular weight excluding hydrogens is 392 g/mol. The number of carbonyl (C=O) groups is 1. The molecule has 2 rings (SSSR count). The minimum Gasteiger partial charge on any atom is -0.480 e. The zero-order chi connectivity index (χ0) is 19.7. The maximum atomic E-state index is 13.8. The molecule has 0 spiro atoms. The van der Waals surface area contributed by atoms with Crippen LogP contribution < -0.4 is 4.72 Å². The molecule has 1 aliphatic heterocycles. The summed E-state index contributed by atoms with van der Waals surface area (Å²) in [4.78, 5) is 24.0. The van der Waals surface area contributed by atoms with Gasteiger partial charge in [-0.2, -0.15) is 22.3 Å². The van der Waals surface area contributed by atoms with Crippen LogP contribution in [0.1, 0.15) is 12.8 Å². The Morgan fingerprint density at radius 3 is 2.65 bits per heavy atom. The van der Waals surface area contributed by atoms with Crippen molar-refractivity contribution in [1.29, 1.82) is 0 Å². The van der Waals surface area contributed by atoms with E-state index < -0.39 is 49.5 Å². The first kappa shape index (κ1) is 20.7. The smallest absolute Gasteiger partial charge is 0.324 e. The quantitative estimate of drug-likeness (QED) is 0.480. The summed E-state index contributed by atoms with van der Waals surface area (Å²) in [5, 5.41) is 11.9. The molecule has 26 heavy (non-hydrogen) atoms. The molecule has 0 amide bonds.